The number of ether oxygens (including phenoxy) is 1. The maximum absolute atomic E-state index is 9.73. The molecule has 8 heteroatoms. The Morgan fingerprint density at radius 3 is 2.32 bits per heavy atom. The summed E-state index contributed by atoms with van der Waals surface area (Å²) in [6, 6.07) is 15.2. The van der Waals surface area contributed by atoms with E-state index in [4.69, 9.17) is 17.7 Å². The van der Waals surface area contributed by atoms with E-state index in [1.54, 1.807) is 18.2 Å². The van der Waals surface area contributed by atoms with Crippen LogP contribution >= 0.6 is 0 Å². The van der Waals surface area contributed by atoms with Gasteiger partial charge in [0.05, 0.1) is 24.2 Å². The molecule has 0 amide bonds. The number of rotatable bonds is 3. The SMILES string of the molecule is CS(=O)(=O)[O-].Cn1c(COc2ccccc2O)[n+](C)c2ccccc21. The summed E-state index contributed by atoms with van der Waals surface area (Å²) < 4.78 is 37.2. The number of aryl methyl sites for hydroxylation is 2. The Labute approximate surface area is 146 Å². The molecule has 0 aliphatic rings. The zero-order valence-electron chi connectivity index (χ0n) is 14.2. The quantitative estimate of drug-likeness (QED) is 0.561. The first kappa shape index (κ1) is 18.8. The van der Waals surface area contributed by atoms with Gasteiger partial charge in [0, 0.05) is 6.26 Å². The van der Waals surface area contributed by atoms with Crippen LogP contribution in [0.1, 0.15) is 5.82 Å². The van der Waals surface area contributed by atoms with Gasteiger partial charge in [0.25, 0.3) is 5.82 Å². The zero-order chi connectivity index (χ0) is 18.6. The van der Waals surface area contributed by atoms with Crippen LogP contribution in [0.25, 0.3) is 11.0 Å². The lowest BCUT2D eigenvalue weighted by molar-refractivity contribution is -0.655. The molecule has 0 aliphatic heterocycles. The van der Waals surface area contributed by atoms with Crippen molar-refractivity contribution >= 4 is 21.2 Å². The molecule has 3 rings (SSSR count). The number of aromatic nitrogens is 2. The van der Waals surface area contributed by atoms with Crippen molar-refractivity contribution in [3.63, 3.8) is 0 Å². The van der Waals surface area contributed by atoms with Gasteiger partial charge in [-0.1, -0.05) is 24.3 Å². The Kier molecular flexibility index (Phi) is 5.66. The summed E-state index contributed by atoms with van der Waals surface area (Å²) in [7, 11) is 0.123. The molecule has 0 aliphatic carbocycles. The fourth-order valence-corrected chi connectivity index (χ4v) is 2.45. The molecule has 2 aromatic carbocycles. The van der Waals surface area contributed by atoms with Crippen molar-refractivity contribution < 1.29 is 27.4 Å². The van der Waals surface area contributed by atoms with Crippen molar-refractivity contribution in [1.29, 1.82) is 0 Å². The average molecular weight is 364 g/mol. The Morgan fingerprint density at radius 1 is 1.16 bits per heavy atom. The Balaban J connectivity index is 0.000000399. The number of phenols is 1. The molecule has 134 valence electrons. The molecule has 0 spiro atoms. The van der Waals surface area contributed by atoms with Crippen LogP contribution in [0.5, 0.6) is 11.5 Å². The Hall–Kier alpha value is -2.58. The van der Waals surface area contributed by atoms with Crippen molar-refractivity contribution in [3.8, 4) is 11.5 Å². The van der Waals surface area contributed by atoms with E-state index in [9.17, 15) is 5.11 Å². The molecule has 1 heterocycles. The first-order valence-electron chi connectivity index (χ1n) is 7.42. The third-order valence-electron chi connectivity index (χ3n) is 3.60. The van der Waals surface area contributed by atoms with Gasteiger partial charge in [-0.25, -0.2) is 17.6 Å². The summed E-state index contributed by atoms with van der Waals surface area (Å²) in [5.41, 5.74) is 2.32. The van der Waals surface area contributed by atoms with Gasteiger partial charge >= 0.3 is 0 Å². The van der Waals surface area contributed by atoms with Gasteiger partial charge in [-0.05, 0) is 24.3 Å². The minimum absolute atomic E-state index is 0.161. The van der Waals surface area contributed by atoms with Crippen LogP contribution in [0.4, 0.5) is 0 Å². The second kappa shape index (κ2) is 7.54. The van der Waals surface area contributed by atoms with E-state index in [1.165, 1.54) is 0 Å². The molecule has 7 nitrogen and oxygen atoms in total. The van der Waals surface area contributed by atoms with Gasteiger partial charge in [-0.2, -0.15) is 0 Å². The van der Waals surface area contributed by atoms with Crippen LogP contribution in [0.3, 0.4) is 0 Å². The monoisotopic (exact) mass is 364 g/mol. The van der Waals surface area contributed by atoms with Crippen molar-refractivity contribution in [2.24, 2.45) is 14.1 Å². The molecule has 3 aromatic rings. The summed E-state index contributed by atoms with van der Waals surface area (Å²) in [5.74, 6) is 1.70. The molecule has 0 saturated heterocycles. The van der Waals surface area contributed by atoms with E-state index in [1.807, 2.05) is 32.3 Å². The van der Waals surface area contributed by atoms with Crippen molar-refractivity contribution in [2.45, 2.75) is 6.61 Å². The number of imidazole rings is 1. The van der Waals surface area contributed by atoms with Gasteiger partial charge in [0.2, 0.25) is 0 Å². The third-order valence-corrected chi connectivity index (χ3v) is 3.60. The molecule has 0 radical (unpaired) electrons. The minimum atomic E-state index is -3.92. The number of nitrogens with zero attached hydrogens (tertiary/aromatic N) is 2. The number of hydrogen-bond donors (Lipinski definition) is 1. The molecule has 0 atom stereocenters. The van der Waals surface area contributed by atoms with Gasteiger partial charge in [0.1, 0.15) is 0 Å². The maximum Gasteiger partial charge on any atom is 0.295 e. The predicted molar refractivity (Wildman–Crippen MR) is 92.2 cm³/mol. The highest BCUT2D eigenvalue weighted by molar-refractivity contribution is 7.84. The van der Waals surface area contributed by atoms with Gasteiger partial charge in [-0.15, -0.1) is 0 Å². The highest BCUT2D eigenvalue weighted by Gasteiger charge is 2.20. The van der Waals surface area contributed by atoms with E-state index in [0.29, 0.717) is 18.6 Å². The van der Waals surface area contributed by atoms with Crippen LogP contribution in [0.2, 0.25) is 0 Å². The minimum Gasteiger partial charge on any atom is -0.748 e. The van der Waals surface area contributed by atoms with Crippen LogP contribution in [0, 0.1) is 0 Å². The van der Waals surface area contributed by atoms with Gasteiger partial charge in [0.15, 0.2) is 29.1 Å². The topological polar surface area (TPSA) is 95.5 Å². The van der Waals surface area contributed by atoms with Gasteiger partial charge in [-0.3, -0.25) is 0 Å². The second-order valence-corrected chi connectivity index (χ2v) is 6.89. The van der Waals surface area contributed by atoms with Crippen molar-refractivity contribution in [1.82, 2.24) is 4.57 Å². The predicted octanol–water partition coefficient (Wildman–Crippen LogP) is 1.45. The Bertz CT molecular complexity index is 933. The second-order valence-electron chi connectivity index (χ2n) is 5.48. The molecule has 0 fully saturated rings. The summed E-state index contributed by atoms with van der Waals surface area (Å²) in [6.07, 6.45) is 0.604. The molecular weight excluding hydrogens is 344 g/mol. The average Bonchev–Trinajstić information content (AvgIpc) is 2.77. The van der Waals surface area contributed by atoms with Crippen molar-refractivity contribution in [2.75, 3.05) is 6.26 Å². The largest absolute Gasteiger partial charge is 0.748 e. The highest BCUT2D eigenvalue weighted by Crippen LogP contribution is 2.25. The first-order chi connectivity index (χ1) is 11.7. The molecule has 1 aromatic heterocycles. The lowest BCUT2D eigenvalue weighted by atomic mass is 10.3. The number of para-hydroxylation sites is 4. The third kappa shape index (κ3) is 4.94. The summed E-state index contributed by atoms with van der Waals surface area (Å²) in [5, 5.41) is 9.73. The van der Waals surface area contributed by atoms with Crippen LogP contribution in [-0.2, 0) is 30.8 Å². The fourth-order valence-electron chi connectivity index (χ4n) is 2.45. The standard InChI is InChI=1S/C16H16N2O2.CH4O3S/c1-17-12-7-3-4-8-13(12)18(2)16(17)11-20-15-10-6-5-9-14(15)19;1-5(2,3)4/h3-10H,11H2,1-2H3;1H3,(H,2,3,4). The van der Waals surface area contributed by atoms with E-state index in [-0.39, 0.29) is 5.75 Å². The van der Waals surface area contributed by atoms with E-state index in [0.717, 1.165) is 16.9 Å². The van der Waals surface area contributed by atoms with Crippen LogP contribution in [0.15, 0.2) is 48.5 Å². The highest BCUT2D eigenvalue weighted by atomic mass is 32.2. The van der Waals surface area contributed by atoms with Crippen LogP contribution in [-0.4, -0.2) is 28.9 Å². The molecule has 0 bridgehead atoms. The molecule has 0 unspecified atom stereocenters. The lowest BCUT2D eigenvalue weighted by Crippen LogP contribution is -2.33. The van der Waals surface area contributed by atoms with E-state index in [2.05, 4.69) is 21.3 Å². The molecule has 0 saturated carbocycles. The summed E-state index contributed by atoms with van der Waals surface area (Å²) in [6.45, 7) is 0.402. The summed E-state index contributed by atoms with van der Waals surface area (Å²) >= 11 is 0. The van der Waals surface area contributed by atoms with Crippen LogP contribution < -0.4 is 9.30 Å². The van der Waals surface area contributed by atoms with Gasteiger partial charge < -0.3 is 14.4 Å². The van der Waals surface area contributed by atoms with E-state index >= 15 is 0 Å². The normalized spacial score (nSPS) is 11.0. The first-order valence-corrected chi connectivity index (χ1v) is 9.24. The zero-order valence-corrected chi connectivity index (χ0v) is 15.0. The molecular formula is C17H20N2O5S. The fraction of sp³-hybridized carbons (Fsp3) is 0.235. The number of hydrogen-bond acceptors (Lipinski definition) is 5. The van der Waals surface area contributed by atoms with E-state index < -0.39 is 10.1 Å². The number of aromatic hydroxyl groups is 1. The lowest BCUT2D eigenvalue weighted by Gasteiger charge is -2.06. The number of benzene rings is 2. The smallest absolute Gasteiger partial charge is 0.295 e. The number of phenolic OH excluding ortho intramolecular Hbond substituents is 1. The molecule has 1 N–H and O–H groups in total. The number of fused-ring (bicyclic) bond motifs is 1. The van der Waals surface area contributed by atoms with Crippen molar-refractivity contribution in [3.05, 3.63) is 54.4 Å². The maximum atomic E-state index is 9.73. The Morgan fingerprint density at radius 2 is 1.72 bits per heavy atom. The summed E-state index contributed by atoms with van der Waals surface area (Å²) in [4.78, 5) is 0. The molecule has 25 heavy (non-hydrogen) atoms.